The lowest BCUT2D eigenvalue weighted by Gasteiger charge is -2.32. The molecule has 0 amide bonds. The van der Waals surface area contributed by atoms with Gasteiger partial charge in [0.15, 0.2) is 5.78 Å². The van der Waals surface area contributed by atoms with E-state index in [9.17, 15) is 4.79 Å². The summed E-state index contributed by atoms with van der Waals surface area (Å²) in [6.45, 7) is 6.48. The number of nitrogen functional groups attached to an aromatic ring is 1. The topological polar surface area (TPSA) is 58.9 Å². The number of benzene rings is 2. The number of aromatic nitrogens is 1. The minimum Gasteiger partial charge on any atom is -0.399 e. The molecular weight excluding hydrogens is 411 g/mol. The molecule has 4 heteroatoms. The van der Waals surface area contributed by atoms with E-state index in [-0.39, 0.29) is 11.2 Å². The molecule has 0 radical (unpaired) electrons. The largest absolute Gasteiger partial charge is 0.399 e. The second kappa shape index (κ2) is 5.09. The zero-order valence-electron chi connectivity index (χ0n) is 14.0. The van der Waals surface area contributed by atoms with Crippen LogP contribution >= 0.6 is 22.6 Å². The van der Waals surface area contributed by atoms with Gasteiger partial charge in [0, 0.05) is 36.8 Å². The summed E-state index contributed by atoms with van der Waals surface area (Å²) >= 11 is 2.37. The average molecular weight is 430 g/mol. The molecule has 0 saturated carbocycles. The molecule has 1 aromatic heterocycles. The van der Waals surface area contributed by atoms with Crippen molar-refractivity contribution < 1.29 is 4.79 Å². The molecule has 0 fully saturated rings. The molecule has 0 bridgehead atoms. The standard InChI is InChI=1S/C20H19IN2O/c1-4-10-7-13-14(9-15(10)21)20(2,3)19-17(18(13)24)12-6-5-11(22)8-16(12)23-19/h5-9,23H,4,22H2,1-3H3. The lowest BCUT2D eigenvalue weighted by molar-refractivity contribution is 0.103. The predicted octanol–water partition coefficient (Wildman–Crippen LogP) is 4.79. The fourth-order valence-corrected chi connectivity index (χ4v) is 4.63. The number of aromatic amines is 1. The molecule has 3 aromatic rings. The van der Waals surface area contributed by atoms with Gasteiger partial charge in [-0.25, -0.2) is 0 Å². The van der Waals surface area contributed by atoms with Crippen molar-refractivity contribution in [2.75, 3.05) is 5.73 Å². The van der Waals surface area contributed by atoms with Gasteiger partial charge in [-0.15, -0.1) is 0 Å². The highest BCUT2D eigenvalue weighted by Gasteiger charge is 2.40. The number of aryl methyl sites for hydroxylation is 1. The molecule has 1 heterocycles. The molecule has 0 aliphatic heterocycles. The van der Waals surface area contributed by atoms with Crippen LogP contribution < -0.4 is 5.73 Å². The van der Waals surface area contributed by atoms with Gasteiger partial charge in [0.25, 0.3) is 0 Å². The molecule has 0 atom stereocenters. The van der Waals surface area contributed by atoms with Crippen LogP contribution in [0.2, 0.25) is 0 Å². The third-order valence-electron chi connectivity index (χ3n) is 5.16. The van der Waals surface area contributed by atoms with Crippen LogP contribution in [0.1, 0.15) is 53.5 Å². The molecule has 2 aromatic carbocycles. The molecule has 0 saturated heterocycles. The van der Waals surface area contributed by atoms with Crippen molar-refractivity contribution in [3.05, 3.63) is 61.8 Å². The Bertz CT molecular complexity index is 1010. The van der Waals surface area contributed by atoms with E-state index in [1.54, 1.807) is 0 Å². The number of carbonyl (C=O) groups is 1. The van der Waals surface area contributed by atoms with Crippen LogP contribution in [0.5, 0.6) is 0 Å². The van der Waals surface area contributed by atoms with E-state index >= 15 is 0 Å². The normalized spacial score (nSPS) is 15.4. The van der Waals surface area contributed by atoms with Crippen LogP contribution in [0.25, 0.3) is 10.9 Å². The van der Waals surface area contributed by atoms with E-state index < -0.39 is 0 Å². The third-order valence-corrected chi connectivity index (χ3v) is 6.16. The second-order valence-corrected chi connectivity index (χ2v) is 8.14. The van der Waals surface area contributed by atoms with E-state index in [4.69, 9.17) is 5.73 Å². The average Bonchev–Trinajstić information content (AvgIpc) is 2.92. The number of hydrogen-bond acceptors (Lipinski definition) is 2. The molecule has 4 rings (SSSR count). The van der Waals surface area contributed by atoms with E-state index in [1.807, 2.05) is 18.2 Å². The molecule has 0 unspecified atom stereocenters. The highest BCUT2D eigenvalue weighted by molar-refractivity contribution is 14.1. The number of H-pyrrole nitrogens is 1. The smallest absolute Gasteiger partial charge is 0.195 e. The maximum absolute atomic E-state index is 13.3. The lowest BCUT2D eigenvalue weighted by atomic mass is 9.71. The highest BCUT2D eigenvalue weighted by Crippen LogP contribution is 2.44. The number of nitrogens with two attached hydrogens (primary N) is 1. The first-order valence-electron chi connectivity index (χ1n) is 8.14. The van der Waals surface area contributed by atoms with Crippen molar-refractivity contribution in [3.63, 3.8) is 0 Å². The molecule has 0 spiro atoms. The van der Waals surface area contributed by atoms with E-state index in [1.165, 1.54) is 9.13 Å². The third kappa shape index (κ3) is 1.98. The molecule has 1 aliphatic carbocycles. The number of anilines is 1. The summed E-state index contributed by atoms with van der Waals surface area (Å²) in [4.78, 5) is 16.7. The van der Waals surface area contributed by atoms with Crippen LogP contribution in [-0.2, 0) is 11.8 Å². The lowest BCUT2D eigenvalue weighted by Crippen LogP contribution is -2.30. The van der Waals surface area contributed by atoms with Crippen LogP contribution in [0, 0.1) is 3.57 Å². The van der Waals surface area contributed by atoms with E-state index in [2.05, 4.69) is 60.5 Å². The second-order valence-electron chi connectivity index (χ2n) is 6.98. The van der Waals surface area contributed by atoms with Crippen LogP contribution in [0.15, 0.2) is 30.3 Å². The number of rotatable bonds is 1. The summed E-state index contributed by atoms with van der Waals surface area (Å²) in [5, 5.41) is 0.958. The number of carbonyl (C=O) groups excluding carboxylic acids is 1. The fourth-order valence-electron chi connectivity index (χ4n) is 3.78. The van der Waals surface area contributed by atoms with E-state index in [0.29, 0.717) is 5.69 Å². The Hall–Kier alpha value is -1.82. The Balaban J connectivity index is 2.09. The number of ketones is 1. The Morgan fingerprint density at radius 2 is 1.96 bits per heavy atom. The molecule has 3 nitrogen and oxygen atoms in total. The van der Waals surface area contributed by atoms with Gasteiger partial charge in [0.1, 0.15) is 0 Å². The van der Waals surface area contributed by atoms with Crippen molar-refractivity contribution in [1.82, 2.24) is 4.98 Å². The van der Waals surface area contributed by atoms with Gasteiger partial charge in [-0.3, -0.25) is 4.79 Å². The van der Waals surface area contributed by atoms with Crippen molar-refractivity contribution in [3.8, 4) is 0 Å². The van der Waals surface area contributed by atoms with Crippen LogP contribution in [0.4, 0.5) is 5.69 Å². The SMILES string of the molecule is CCc1cc2c(cc1I)C(C)(C)c1[nH]c3cc(N)ccc3c1C2=O. The molecular formula is C20H19IN2O. The Morgan fingerprint density at radius 3 is 2.67 bits per heavy atom. The zero-order valence-corrected chi connectivity index (χ0v) is 16.1. The number of halogens is 1. The minimum atomic E-state index is -0.251. The van der Waals surface area contributed by atoms with Crippen LogP contribution in [0.3, 0.4) is 0 Å². The van der Waals surface area contributed by atoms with Crippen molar-refractivity contribution in [1.29, 1.82) is 0 Å². The highest BCUT2D eigenvalue weighted by atomic mass is 127. The number of nitrogens with one attached hydrogen (secondary N) is 1. The Kier molecular flexibility index (Phi) is 3.33. The van der Waals surface area contributed by atoms with Gasteiger partial charge in [0.2, 0.25) is 0 Å². The molecule has 122 valence electrons. The maximum atomic E-state index is 13.3. The van der Waals surface area contributed by atoms with Crippen molar-refractivity contribution >= 4 is 45.0 Å². The monoisotopic (exact) mass is 430 g/mol. The van der Waals surface area contributed by atoms with Crippen LogP contribution in [-0.4, -0.2) is 10.8 Å². The predicted molar refractivity (Wildman–Crippen MR) is 107 cm³/mol. The summed E-state index contributed by atoms with van der Waals surface area (Å²) in [7, 11) is 0. The molecule has 1 aliphatic rings. The Morgan fingerprint density at radius 1 is 1.21 bits per heavy atom. The van der Waals surface area contributed by atoms with Gasteiger partial charge < -0.3 is 10.7 Å². The fraction of sp³-hybridized carbons (Fsp3) is 0.250. The van der Waals surface area contributed by atoms with Crippen molar-refractivity contribution in [2.24, 2.45) is 0 Å². The minimum absolute atomic E-state index is 0.112. The van der Waals surface area contributed by atoms with Gasteiger partial charge >= 0.3 is 0 Å². The quantitative estimate of drug-likeness (QED) is 0.431. The van der Waals surface area contributed by atoms with Gasteiger partial charge in [-0.2, -0.15) is 0 Å². The van der Waals surface area contributed by atoms with Gasteiger partial charge in [-0.05, 0) is 64.4 Å². The summed E-state index contributed by atoms with van der Waals surface area (Å²) in [5.74, 6) is 0.112. The summed E-state index contributed by atoms with van der Waals surface area (Å²) in [5.41, 5.74) is 12.2. The Labute approximate surface area is 154 Å². The zero-order chi connectivity index (χ0) is 17.2. The first-order valence-corrected chi connectivity index (χ1v) is 9.21. The summed E-state index contributed by atoms with van der Waals surface area (Å²) < 4.78 is 1.22. The van der Waals surface area contributed by atoms with Gasteiger partial charge in [0.05, 0.1) is 5.56 Å². The van der Waals surface area contributed by atoms with Gasteiger partial charge in [-0.1, -0.05) is 26.8 Å². The molecule has 24 heavy (non-hydrogen) atoms. The first-order chi connectivity index (χ1) is 11.3. The summed E-state index contributed by atoms with van der Waals surface area (Å²) in [6.07, 6.45) is 0.927. The molecule has 3 N–H and O–H groups in total. The number of fused-ring (bicyclic) bond motifs is 4. The maximum Gasteiger partial charge on any atom is 0.195 e. The summed E-state index contributed by atoms with van der Waals surface area (Å²) in [6, 6.07) is 9.97. The van der Waals surface area contributed by atoms with E-state index in [0.717, 1.165) is 39.7 Å². The first kappa shape index (κ1) is 15.7. The van der Waals surface area contributed by atoms with Crippen molar-refractivity contribution in [2.45, 2.75) is 32.6 Å². The number of hydrogen-bond donors (Lipinski definition) is 2.